The van der Waals surface area contributed by atoms with E-state index in [9.17, 15) is 4.39 Å². The molecule has 1 aromatic carbocycles. The molecule has 96 valence electrons. The number of hydrogen-bond donors (Lipinski definition) is 1. The Bertz CT molecular complexity index is 706. The molecule has 0 unspecified atom stereocenters. The van der Waals surface area contributed by atoms with Crippen LogP contribution in [-0.2, 0) is 6.54 Å². The molecule has 3 aromatic rings. The van der Waals surface area contributed by atoms with E-state index in [1.54, 1.807) is 23.9 Å². The molecule has 0 amide bonds. The van der Waals surface area contributed by atoms with Gasteiger partial charge in [-0.05, 0) is 17.7 Å². The molecule has 0 radical (unpaired) electrons. The second kappa shape index (κ2) is 4.60. The molecule has 0 fully saturated rings. The average molecular weight is 258 g/mol. The van der Waals surface area contributed by atoms with Gasteiger partial charge in [0.25, 0.3) is 0 Å². The van der Waals surface area contributed by atoms with Gasteiger partial charge in [-0.3, -0.25) is 0 Å². The van der Waals surface area contributed by atoms with Crippen molar-refractivity contribution in [3.63, 3.8) is 0 Å². The second-order valence-electron chi connectivity index (χ2n) is 4.02. The molecule has 0 bridgehead atoms. The van der Waals surface area contributed by atoms with Crippen LogP contribution in [0.5, 0.6) is 0 Å². The zero-order chi connectivity index (χ0) is 13.2. The third-order valence-corrected chi connectivity index (χ3v) is 2.78. The molecule has 6 nitrogen and oxygen atoms in total. The summed E-state index contributed by atoms with van der Waals surface area (Å²) in [7, 11) is 1.76. The number of fused-ring (bicyclic) bond motifs is 1. The summed E-state index contributed by atoms with van der Waals surface area (Å²) in [4.78, 5) is 8.25. The Hall–Kier alpha value is -2.57. The van der Waals surface area contributed by atoms with Gasteiger partial charge in [-0.15, -0.1) is 5.10 Å². The molecule has 7 heteroatoms. The summed E-state index contributed by atoms with van der Waals surface area (Å²) in [5, 5.41) is 11.0. The first-order chi connectivity index (χ1) is 9.28. The van der Waals surface area contributed by atoms with E-state index in [0.29, 0.717) is 23.5 Å². The molecule has 3 rings (SSSR count). The number of benzene rings is 1. The largest absolute Gasteiger partial charge is 0.371 e. The number of anilines is 1. The van der Waals surface area contributed by atoms with Crippen LogP contribution in [0.4, 0.5) is 10.2 Å². The molecule has 0 atom stereocenters. The fourth-order valence-corrected chi connectivity index (χ4v) is 1.84. The van der Waals surface area contributed by atoms with E-state index in [2.05, 4.69) is 25.6 Å². The lowest BCUT2D eigenvalue weighted by atomic mass is 10.2. The maximum absolute atomic E-state index is 12.9. The van der Waals surface area contributed by atoms with Gasteiger partial charge in [-0.2, -0.15) is 0 Å². The van der Waals surface area contributed by atoms with Crippen molar-refractivity contribution in [1.29, 1.82) is 0 Å². The van der Waals surface area contributed by atoms with Gasteiger partial charge < -0.3 is 5.32 Å². The van der Waals surface area contributed by atoms with Gasteiger partial charge in [0, 0.05) is 7.05 Å². The van der Waals surface area contributed by atoms with Crippen molar-refractivity contribution in [1.82, 2.24) is 25.0 Å². The maximum atomic E-state index is 12.9. The lowest BCUT2D eigenvalue weighted by molar-refractivity contribution is 0.623. The van der Waals surface area contributed by atoms with Crippen LogP contribution in [-0.4, -0.2) is 32.0 Å². The predicted molar refractivity (Wildman–Crippen MR) is 68.2 cm³/mol. The van der Waals surface area contributed by atoms with Crippen molar-refractivity contribution >= 4 is 17.0 Å². The van der Waals surface area contributed by atoms with Crippen molar-refractivity contribution < 1.29 is 4.39 Å². The maximum Gasteiger partial charge on any atom is 0.184 e. The van der Waals surface area contributed by atoms with E-state index >= 15 is 0 Å². The van der Waals surface area contributed by atoms with Crippen molar-refractivity contribution in [2.24, 2.45) is 0 Å². The summed E-state index contributed by atoms with van der Waals surface area (Å²) in [6, 6.07) is 6.26. The predicted octanol–water partition coefficient (Wildman–Crippen LogP) is 1.45. The second-order valence-corrected chi connectivity index (χ2v) is 4.02. The third kappa shape index (κ3) is 2.10. The quantitative estimate of drug-likeness (QED) is 0.770. The van der Waals surface area contributed by atoms with Gasteiger partial charge in [0.05, 0.1) is 6.54 Å². The minimum Gasteiger partial charge on any atom is -0.371 e. The van der Waals surface area contributed by atoms with Crippen LogP contribution in [0, 0.1) is 5.82 Å². The number of hydrogen-bond acceptors (Lipinski definition) is 5. The molecule has 0 saturated carbocycles. The molecule has 0 aliphatic rings. The van der Waals surface area contributed by atoms with Gasteiger partial charge in [0.2, 0.25) is 0 Å². The van der Waals surface area contributed by atoms with Crippen molar-refractivity contribution in [2.45, 2.75) is 6.54 Å². The lowest BCUT2D eigenvalue weighted by Gasteiger charge is -2.02. The monoisotopic (exact) mass is 258 g/mol. The number of nitrogens with one attached hydrogen (secondary N) is 1. The topological polar surface area (TPSA) is 68.5 Å². The normalized spacial score (nSPS) is 10.8. The van der Waals surface area contributed by atoms with E-state index in [1.807, 2.05) is 0 Å². The summed E-state index contributed by atoms with van der Waals surface area (Å²) in [6.45, 7) is 0.483. The number of halogens is 1. The molecule has 19 heavy (non-hydrogen) atoms. The molecule has 1 N–H and O–H groups in total. The van der Waals surface area contributed by atoms with Gasteiger partial charge in [-0.1, -0.05) is 17.3 Å². The molecule has 0 aliphatic carbocycles. The highest BCUT2D eigenvalue weighted by atomic mass is 19.1. The van der Waals surface area contributed by atoms with E-state index in [4.69, 9.17) is 0 Å². The van der Waals surface area contributed by atoms with Crippen molar-refractivity contribution in [2.75, 3.05) is 12.4 Å². The molecule has 2 heterocycles. The highest BCUT2D eigenvalue weighted by Crippen LogP contribution is 2.16. The Morgan fingerprint density at radius 1 is 1.21 bits per heavy atom. The summed E-state index contributed by atoms with van der Waals surface area (Å²) < 4.78 is 14.5. The van der Waals surface area contributed by atoms with Crippen LogP contribution in [0.1, 0.15) is 5.56 Å². The first-order valence-corrected chi connectivity index (χ1v) is 5.74. The summed E-state index contributed by atoms with van der Waals surface area (Å²) in [6.07, 6.45) is 1.46. The molecule has 0 aliphatic heterocycles. The van der Waals surface area contributed by atoms with Gasteiger partial charge in [0.15, 0.2) is 17.0 Å². The first kappa shape index (κ1) is 11.5. The van der Waals surface area contributed by atoms with E-state index in [-0.39, 0.29) is 5.82 Å². The van der Waals surface area contributed by atoms with Crippen LogP contribution in [0.25, 0.3) is 11.2 Å². The molecular formula is C12H11FN6. The Kier molecular flexibility index (Phi) is 2.79. The van der Waals surface area contributed by atoms with Crippen LogP contribution in [0.3, 0.4) is 0 Å². The average Bonchev–Trinajstić information content (AvgIpc) is 2.84. The highest BCUT2D eigenvalue weighted by molar-refractivity contribution is 5.81. The number of rotatable bonds is 3. The molecule has 0 saturated heterocycles. The van der Waals surface area contributed by atoms with Gasteiger partial charge in [0.1, 0.15) is 12.1 Å². The zero-order valence-electron chi connectivity index (χ0n) is 10.2. The summed E-state index contributed by atoms with van der Waals surface area (Å²) >= 11 is 0. The minimum atomic E-state index is -0.257. The van der Waals surface area contributed by atoms with Crippen LogP contribution in [0.2, 0.25) is 0 Å². The third-order valence-electron chi connectivity index (χ3n) is 2.78. The summed E-state index contributed by atoms with van der Waals surface area (Å²) in [5.41, 5.74) is 2.19. The fourth-order valence-electron chi connectivity index (χ4n) is 1.84. The summed E-state index contributed by atoms with van der Waals surface area (Å²) in [5.74, 6) is 0.377. The molecule has 0 spiro atoms. The zero-order valence-corrected chi connectivity index (χ0v) is 10.2. The van der Waals surface area contributed by atoms with Crippen molar-refractivity contribution in [3.05, 3.63) is 42.0 Å². The first-order valence-electron chi connectivity index (χ1n) is 5.74. The number of nitrogens with zero attached hydrogens (tertiary/aromatic N) is 5. The molecular weight excluding hydrogens is 247 g/mol. The van der Waals surface area contributed by atoms with Crippen LogP contribution < -0.4 is 5.32 Å². The van der Waals surface area contributed by atoms with E-state index in [1.165, 1.54) is 18.5 Å². The Labute approximate surface area is 108 Å². The van der Waals surface area contributed by atoms with E-state index < -0.39 is 0 Å². The van der Waals surface area contributed by atoms with E-state index in [0.717, 1.165) is 5.56 Å². The smallest absolute Gasteiger partial charge is 0.184 e. The lowest BCUT2D eigenvalue weighted by Crippen LogP contribution is -2.03. The Balaban J connectivity index is 1.99. The Morgan fingerprint density at radius 3 is 2.74 bits per heavy atom. The standard InChI is InChI=1S/C12H11FN6/c1-14-11-10-12(16-7-15-11)19(18-17-10)6-8-2-4-9(13)5-3-8/h2-5,7H,6H2,1H3,(H,14,15,16). The fraction of sp³-hybridized carbons (Fsp3) is 0.167. The molecule has 2 aromatic heterocycles. The highest BCUT2D eigenvalue weighted by Gasteiger charge is 2.10. The van der Waals surface area contributed by atoms with Crippen LogP contribution in [0.15, 0.2) is 30.6 Å². The minimum absolute atomic E-state index is 0.257. The van der Waals surface area contributed by atoms with Gasteiger partial charge >= 0.3 is 0 Å². The Morgan fingerprint density at radius 2 is 2.00 bits per heavy atom. The number of aromatic nitrogens is 5. The van der Waals surface area contributed by atoms with Crippen LogP contribution >= 0.6 is 0 Å². The van der Waals surface area contributed by atoms with Crippen molar-refractivity contribution in [3.8, 4) is 0 Å². The van der Waals surface area contributed by atoms with Gasteiger partial charge in [-0.25, -0.2) is 19.0 Å². The SMILES string of the molecule is CNc1ncnc2c1nnn2Cc1ccc(F)cc1.